The first-order chi connectivity index (χ1) is 5.33. The van der Waals surface area contributed by atoms with E-state index in [1.165, 1.54) is 0 Å². The van der Waals surface area contributed by atoms with Crippen LogP contribution in [0.1, 0.15) is 6.92 Å². The molecule has 11 heavy (non-hydrogen) atoms. The zero-order chi connectivity index (χ0) is 8.10. The molecule has 0 amide bonds. The topological polar surface area (TPSA) is 25.8 Å². The summed E-state index contributed by atoms with van der Waals surface area (Å²) in [5, 5.41) is 9.04. The highest BCUT2D eigenvalue weighted by Crippen LogP contribution is 2.19. The lowest BCUT2D eigenvalue weighted by Gasteiger charge is -2.01. The molecule has 1 atom stereocenters. The molecule has 1 unspecified atom stereocenters. The molecule has 1 heterocycles. The number of thioether (sulfide) groups is 1. The lowest BCUT2D eigenvalue weighted by Crippen LogP contribution is -1.90. The summed E-state index contributed by atoms with van der Waals surface area (Å²) < 4.78 is 0. The summed E-state index contributed by atoms with van der Waals surface area (Å²) in [6.07, 6.45) is 3.56. The Morgan fingerprint density at radius 2 is 2.55 bits per heavy atom. The van der Waals surface area contributed by atoms with E-state index in [2.05, 4.69) is 23.7 Å². The summed E-state index contributed by atoms with van der Waals surface area (Å²) in [5.41, 5.74) is 0. The number of hydrogen-bond donors (Lipinski definition) is 0. The van der Waals surface area contributed by atoms with Gasteiger partial charge in [0, 0.05) is 11.4 Å². The van der Waals surface area contributed by atoms with Crippen molar-refractivity contribution in [3.05, 3.63) is 31.0 Å². The first-order valence-electron chi connectivity index (χ1n) is 3.40. The van der Waals surface area contributed by atoms with Crippen LogP contribution in [0.3, 0.4) is 0 Å². The molecular formula is C8H10N2S. The van der Waals surface area contributed by atoms with E-state index < -0.39 is 0 Å². The van der Waals surface area contributed by atoms with Crippen molar-refractivity contribution in [1.29, 1.82) is 0 Å². The molecule has 0 aliphatic carbocycles. The van der Waals surface area contributed by atoms with E-state index in [-0.39, 0.29) is 0 Å². The van der Waals surface area contributed by atoms with Crippen molar-refractivity contribution in [3.63, 3.8) is 0 Å². The Bertz CT molecular complexity index is 223. The van der Waals surface area contributed by atoms with E-state index in [0.717, 1.165) is 5.03 Å². The van der Waals surface area contributed by atoms with Gasteiger partial charge in [-0.25, -0.2) is 0 Å². The summed E-state index contributed by atoms with van der Waals surface area (Å²) in [7, 11) is 0. The van der Waals surface area contributed by atoms with Crippen molar-refractivity contribution in [2.45, 2.75) is 17.2 Å². The molecule has 3 heteroatoms. The van der Waals surface area contributed by atoms with Crippen LogP contribution in [0.4, 0.5) is 0 Å². The van der Waals surface area contributed by atoms with Gasteiger partial charge in [-0.1, -0.05) is 17.8 Å². The third-order valence-corrected chi connectivity index (χ3v) is 2.21. The SMILES string of the molecule is C=CC(C)Sc1cccnn1. The van der Waals surface area contributed by atoms with Crippen LogP contribution in [0, 0.1) is 0 Å². The van der Waals surface area contributed by atoms with Gasteiger partial charge in [0.15, 0.2) is 0 Å². The summed E-state index contributed by atoms with van der Waals surface area (Å²) in [6.45, 7) is 5.76. The van der Waals surface area contributed by atoms with Crippen LogP contribution in [0.5, 0.6) is 0 Å². The third kappa shape index (κ3) is 2.72. The molecule has 1 rings (SSSR count). The maximum Gasteiger partial charge on any atom is 0.119 e. The van der Waals surface area contributed by atoms with Crippen molar-refractivity contribution in [3.8, 4) is 0 Å². The molecule has 0 bridgehead atoms. The van der Waals surface area contributed by atoms with Gasteiger partial charge in [-0.15, -0.1) is 11.7 Å². The molecular weight excluding hydrogens is 156 g/mol. The molecule has 0 aromatic carbocycles. The fourth-order valence-electron chi connectivity index (χ4n) is 0.589. The molecule has 1 aromatic heterocycles. The van der Waals surface area contributed by atoms with Crippen LogP contribution in [0.25, 0.3) is 0 Å². The van der Waals surface area contributed by atoms with Crippen molar-refractivity contribution >= 4 is 11.8 Å². The number of hydrogen-bond acceptors (Lipinski definition) is 3. The van der Waals surface area contributed by atoms with Gasteiger partial charge in [0.05, 0.1) is 0 Å². The Hall–Kier alpha value is -0.830. The summed E-state index contributed by atoms with van der Waals surface area (Å²) in [4.78, 5) is 0. The molecule has 0 N–H and O–H groups in total. The number of aromatic nitrogens is 2. The van der Waals surface area contributed by atoms with Gasteiger partial charge in [0.2, 0.25) is 0 Å². The average molecular weight is 166 g/mol. The quantitative estimate of drug-likeness (QED) is 0.508. The molecule has 2 nitrogen and oxygen atoms in total. The maximum absolute atomic E-state index is 3.93. The second-order valence-corrected chi connectivity index (χ2v) is 3.52. The molecule has 0 radical (unpaired) electrons. The molecule has 0 saturated heterocycles. The van der Waals surface area contributed by atoms with E-state index >= 15 is 0 Å². The molecule has 0 aliphatic heterocycles. The minimum absolute atomic E-state index is 0.395. The highest BCUT2D eigenvalue weighted by atomic mass is 32.2. The van der Waals surface area contributed by atoms with Crippen molar-refractivity contribution in [1.82, 2.24) is 10.2 Å². The summed E-state index contributed by atoms with van der Waals surface area (Å²) in [6, 6.07) is 3.82. The van der Waals surface area contributed by atoms with Gasteiger partial charge < -0.3 is 0 Å². The zero-order valence-corrected chi connectivity index (χ0v) is 7.21. The standard InChI is InChI=1S/C8H10N2S/c1-3-7(2)11-8-5-4-6-9-10-8/h3-7H,1H2,2H3. The first kappa shape index (κ1) is 8.27. The lowest BCUT2D eigenvalue weighted by molar-refractivity contribution is 0.927. The predicted molar refractivity (Wildman–Crippen MR) is 47.5 cm³/mol. The van der Waals surface area contributed by atoms with Crippen LogP contribution in [-0.4, -0.2) is 15.4 Å². The fraction of sp³-hybridized carbons (Fsp3) is 0.250. The number of rotatable bonds is 3. The molecule has 0 fully saturated rings. The van der Waals surface area contributed by atoms with E-state index in [1.54, 1.807) is 18.0 Å². The van der Waals surface area contributed by atoms with Gasteiger partial charge in [0.25, 0.3) is 0 Å². The van der Waals surface area contributed by atoms with Crippen LogP contribution in [0.2, 0.25) is 0 Å². The fourth-order valence-corrected chi connectivity index (χ4v) is 1.32. The van der Waals surface area contributed by atoms with E-state index in [4.69, 9.17) is 0 Å². The molecule has 1 aromatic rings. The molecule has 0 aliphatic rings. The minimum Gasteiger partial charge on any atom is -0.158 e. The van der Waals surface area contributed by atoms with Crippen LogP contribution < -0.4 is 0 Å². The van der Waals surface area contributed by atoms with Gasteiger partial charge >= 0.3 is 0 Å². The monoisotopic (exact) mass is 166 g/mol. The lowest BCUT2D eigenvalue weighted by atomic mass is 10.5. The molecule has 0 spiro atoms. The van der Waals surface area contributed by atoms with Gasteiger partial charge in [-0.2, -0.15) is 5.10 Å². The number of nitrogens with zero attached hydrogens (tertiary/aromatic N) is 2. The summed E-state index contributed by atoms with van der Waals surface area (Å²) in [5.74, 6) is 0. The van der Waals surface area contributed by atoms with Gasteiger partial charge in [-0.3, -0.25) is 0 Å². The normalized spacial score (nSPS) is 12.5. The van der Waals surface area contributed by atoms with Crippen molar-refractivity contribution in [2.24, 2.45) is 0 Å². The highest BCUT2D eigenvalue weighted by molar-refractivity contribution is 8.00. The van der Waals surface area contributed by atoms with E-state index in [9.17, 15) is 0 Å². The van der Waals surface area contributed by atoms with Crippen LogP contribution in [0.15, 0.2) is 36.0 Å². The smallest absolute Gasteiger partial charge is 0.119 e. The second kappa shape index (κ2) is 4.13. The van der Waals surface area contributed by atoms with Crippen molar-refractivity contribution < 1.29 is 0 Å². The largest absolute Gasteiger partial charge is 0.158 e. The maximum atomic E-state index is 3.93. The summed E-state index contributed by atoms with van der Waals surface area (Å²) >= 11 is 1.65. The third-order valence-electron chi connectivity index (χ3n) is 1.19. The zero-order valence-electron chi connectivity index (χ0n) is 6.40. The predicted octanol–water partition coefficient (Wildman–Crippen LogP) is 2.14. The van der Waals surface area contributed by atoms with E-state index in [0.29, 0.717) is 5.25 Å². The first-order valence-corrected chi connectivity index (χ1v) is 4.28. The molecule has 58 valence electrons. The Labute approximate surface area is 70.7 Å². The Morgan fingerprint density at radius 3 is 3.09 bits per heavy atom. The Morgan fingerprint density at radius 1 is 1.73 bits per heavy atom. The van der Waals surface area contributed by atoms with Gasteiger partial charge in [-0.05, 0) is 19.1 Å². The van der Waals surface area contributed by atoms with Crippen molar-refractivity contribution in [2.75, 3.05) is 0 Å². The van der Waals surface area contributed by atoms with Crippen LogP contribution in [-0.2, 0) is 0 Å². The second-order valence-electron chi connectivity index (χ2n) is 2.12. The Kier molecular flexibility index (Phi) is 3.11. The Balaban J connectivity index is 2.57. The molecule has 0 saturated carbocycles. The highest BCUT2D eigenvalue weighted by Gasteiger charge is 1.99. The van der Waals surface area contributed by atoms with Crippen LogP contribution >= 0.6 is 11.8 Å². The average Bonchev–Trinajstić information content (AvgIpc) is 2.06. The minimum atomic E-state index is 0.395. The van der Waals surface area contributed by atoms with Gasteiger partial charge in [0.1, 0.15) is 5.03 Å². The van der Waals surface area contributed by atoms with E-state index in [1.807, 2.05) is 18.2 Å².